The third-order valence-corrected chi connectivity index (χ3v) is 3.92. The predicted octanol–water partition coefficient (Wildman–Crippen LogP) is 3.81. The highest BCUT2D eigenvalue weighted by molar-refractivity contribution is 5.35. The molecule has 0 aliphatic heterocycles. The van der Waals surface area contributed by atoms with Gasteiger partial charge in [0, 0.05) is 12.6 Å². The van der Waals surface area contributed by atoms with Gasteiger partial charge in [0.1, 0.15) is 0 Å². The minimum atomic E-state index is 0.385. The summed E-state index contributed by atoms with van der Waals surface area (Å²) >= 11 is 0. The fraction of sp³-hybridized carbons (Fsp3) is 0.556. The first-order valence-electron chi connectivity index (χ1n) is 7.74. The molecule has 1 aromatic carbocycles. The topological polar surface area (TPSA) is 21.3 Å². The quantitative estimate of drug-likeness (QED) is 0.602. The molecule has 0 saturated carbocycles. The summed E-state index contributed by atoms with van der Waals surface area (Å²) in [5.74, 6) is 0. The first-order valence-corrected chi connectivity index (χ1v) is 7.74. The van der Waals surface area contributed by atoms with Crippen LogP contribution in [0.3, 0.4) is 0 Å². The summed E-state index contributed by atoms with van der Waals surface area (Å²) in [7, 11) is 0. The molecule has 0 saturated heterocycles. The van der Waals surface area contributed by atoms with Crippen LogP contribution in [0.2, 0.25) is 0 Å². The van der Waals surface area contributed by atoms with Crippen molar-refractivity contribution in [1.29, 1.82) is 0 Å². The number of rotatable bonds is 7. The molecule has 1 unspecified atom stereocenters. The van der Waals surface area contributed by atoms with Crippen molar-refractivity contribution in [2.75, 3.05) is 19.8 Å². The van der Waals surface area contributed by atoms with Crippen LogP contribution in [0.15, 0.2) is 30.4 Å². The van der Waals surface area contributed by atoms with E-state index in [4.69, 9.17) is 4.74 Å². The average Bonchev–Trinajstić information content (AvgIpc) is 2.46. The molecule has 0 fully saturated rings. The van der Waals surface area contributed by atoms with Crippen LogP contribution in [0.4, 0.5) is 0 Å². The smallest absolute Gasteiger partial charge is 0.0672 e. The van der Waals surface area contributed by atoms with Gasteiger partial charge < -0.3 is 10.1 Å². The van der Waals surface area contributed by atoms with Gasteiger partial charge in [-0.3, -0.25) is 0 Å². The molecule has 0 amide bonds. The number of benzene rings is 1. The minimum Gasteiger partial charge on any atom is -0.376 e. The Labute approximate surface area is 123 Å². The average molecular weight is 273 g/mol. The maximum absolute atomic E-state index is 5.51. The molecule has 0 bridgehead atoms. The van der Waals surface area contributed by atoms with Gasteiger partial charge in [0.15, 0.2) is 0 Å². The number of nitrogens with one attached hydrogen (secondary N) is 1. The molecule has 2 heteroatoms. The Morgan fingerprint density at radius 3 is 2.80 bits per heavy atom. The van der Waals surface area contributed by atoms with E-state index in [1.165, 1.54) is 31.2 Å². The molecular formula is C18H27NO. The van der Waals surface area contributed by atoms with Gasteiger partial charge in [-0.2, -0.15) is 0 Å². The highest BCUT2D eigenvalue weighted by Crippen LogP contribution is 2.24. The van der Waals surface area contributed by atoms with E-state index in [2.05, 4.69) is 37.0 Å². The lowest BCUT2D eigenvalue weighted by Crippen LogP contribution is -2.23. The molecule has 0 heterocycles. The van der Waals surface area contributed by atoms with Gasteiger partial charge in [0.2, 0.25) is 0 Å². The van der Waals surface area contributed by atoms with E-state index in [1.807, 2.05) is 6.92 Å². The van der Waals surface area contributed by atoms with Gasteiger partial charge in [-0.05, 0) is 56.2 Å². The SMILES string of the molecule is C=C(C)COCCNC(C)c1ccc2c(c1)CCCC2. The summed E-state index contributed by atoms with van der Waals surface area (Å²) < 4.78 is 5.51. The lowest BCUT2D eigenvalue weighted by molar-refractivity contribution is 0.156. The van der Waals surface area contributed by atoms with Crippen LogP contribution < -0.4 is 5.32 Å². The zero-order chi connectivity index (χ0) is 14.4. The van der Waals surface area contributed by atoms with Crippen LogP contribution >= 0.6 is 0 Å². The van der Waals surface area contributed by atoms with Crippen LogP contribution in [0.25, 0.3) is 0 Å². The molecule has 2 nitrogen and oxygen atoms in total. The third-order valence-electron chi connectivity index (χ3n) is 3.92. The molecule has 1 N–H and O–H groups in total. The number of fused-ring (bicyclic) bond motifs is 1. The highest BCUT2D eigenvalue weighted by atomic mass is 16.5. The second-order valence-corrected chi connectivity index (χ2v) is 5.92. The second kappa shape index (κ2) is 7.61. The third kappa shape index (κ3) is 4.46. The van der Waals surface area contributed by atoms with Gasteiger partial charge >= 0.3 is 0 Å². The molecule has 1 atom stereocenters. The number of hydrogen-bond donors (Lipinski definition) is 1. The van der Waals surface area contributed by atoms with E-state index in [1.54, 1.807) is 11.1 Å². The maximum Gasteiger partial charge on any atom is 0.0672 e. The second-order valence-electron chi connectivity index (χ2n) is 5.92. The van der Waals surface area contributed by atoms with E-state index < -0.39 is 0 Å². The zero-order valence-corrected chi connectivity index (χ0v) is 12.9. The van der Waals surface area contributed by atoms with E-state index in [-0.39, 0.29) is 0 Å². The van der Waals surface area contributed by atoms with Crippen molar-refractivity contribution in [3.8, 4) is 0 Å². The van der Waals surface area contributed by atoms with Crippen LogP contribution in [0.5, 0.6) is 0 Å². The predicted molar refractivity (Wildman–Crippen MR) is 85.1 cm³/mol. The minimum absolute atomic E-state index is 0.385. The van der Waals surface area contributed by atoms with Gasteiger partial charge in [-0.1, -0.05) is 30.4 Å². The molecule has 2 rings (SSSR count). The number of hydrogen-bond acceptors (Lipinski definition) is 2. The standard InChI is InChI=1S/C18H27NO/c1-14(2)13-20-11-10-19-15(3)17-9-8-16-6-4-5-7-18(16)12-17/h8-9,12,15,19H,1,4-7,10-11,13H2,2-3H3. The van der Waals surface area contributed by atoms with Crippen molar-refractivity contribution in [1.82, 2.24) is 5.32 Å². The highest BCUT2D eigenvalue weighted by Gasteiger charge is 2.11. The van der Waals surface area contributed by atoms with Crippen molar-refractivity contribution in [2.45, 2.75) is 45.6 Å². The van der Waals surface area contributed by atoms with Gasteiger partial charge in [-0.15, -0.1) is 0 Å². The first-order chi connectivity index (χ1) is 9.66. The lowest BCUT2D eigenvalue weighted by Gasteiger charge is -2.20. The normalized spacial score (nSPS) is 15.7. The van der Waals surface area contributed by atoms with E-state index >= 15 is 0 Å². The Kier molecular flexibility index (Phi) is 5.81. The van der Waals surface area contributed by atoms with E-state index in [0.717, 1.165) is 18.7 Å². The monoisotopic (exact) mass is 273 g/mol. The molecule has 1 aliphatic rings. The van der Waals surface area contributed by atoms with Crippen LogP contribution in [0, 0.1) is 0 Å². The molecule has 0 radical (unpaired) electrons. The number of aryl methyl sites for hydroxylation is 2. The van der Waals surface area contributed by atoms with E-state index in [9.17, 15) is 0 Å². The van der Waals surface area contributed by atoms with Gasteiger partial charge in [0.05, 0.1) is 13.2 Å². The van der Waals surface area contributed by atoms with Crippen molar-refractivity contribution in [3.63, 3.8) is 0 Å². The number of ether oxygens (including phenoxy) is 1. The van der Waals surface area contributed by atoms with Crippen molar-refractivity contribution in [2.24, 2.45) is 0 Å². The molecule has 20 heavy (non-hydrogen) atoms. The fourth-order valence-corrected chi connectivity index (χ4v) is 2.73. The maximum atomic E-state index is 5.51. The zero-order valence-electron chi connectivity index (χ0n) is 12.9. The van der Waals surface area contributed by atoms with Crippen molar-refractivity contribution in [3.05, 3.63) is 47.0 Å². The first kappa shape index (κ1) is 15.3. The molecule has 0 aromatic heterocycles. The Balaban J connectivity index is 1.80. The summed E-state index contributed by atoms with van der Waals surface area (Å²) in [6.07, 6.45) is 5.19. The lowest BCUT2D eigenvalue weighted by atomic mass is 9.89. The summed E-state index contributed by atoms with van der Waals surface area (Å²) in [6.45, 7) is 10.3. The van der Waals surface area contributed by atoms with Gasteiger partial charge in [-0.25, -0.2) is 0 Å². The van der Waals surface area contributed by atoms with Gasteiger partial charge in [0.25, 0.3) is 0 Å². The summed E-state index contributed by atoms with van der Waals surface area (Å²) in [6, 6.07) is 7.37. The largest absolute Gasteiger partial charge is 0.376 e. The van der Waals surface area contributed by atoms with Crippen LogP contribution in [0.1, 0.15) is 49.4 Å². The van der Waals surface area contributed by atoms with Crippen LogP contribution in [-0.2, 0) is 17.6 Å². The molecule has 1 aliphatic carbocycles. The summed E-state index contributed by atoms with van der Waals surface area (Å²) in [4.78, 5) is 0. The molecule has 110 valence electrons. The molecule has 0 spiro atoms. The van der Waals surface area contributed by atoms with E-state index in [0.29, 0.717) is 12.6 Å². The van der Waals surface area contributed by atoms with Crippen molar-refractivity contribution >= 4 is 0 Å². The van der Waals surface area contributed by atoms with Crippen molar-refractivity contribution < 1.29 is 4.74 Å². The Bertz CT molecular complexity index is 453. The Morgan fingerprint density at radius 1 is 1.30 bits per heavy atom. The summed E-state index contributed by atoms with van der Waals surface area (Å²) in [5, 5.41) is 3.52. The Morgan fingerprint density at radius 2 is 2.05 bits per heavy atom. The molecular weight excluding hydrogens is 246 g/mol. The summed E-state index contributed by atoms with van der Waals surface area (Å²) in [5.41, 5.74) is 5.58. The molecule has 1 aromatic rings. The van der Waals surface area contributed by atoms with Crippen LogP contribution in [-0.4, -0.2) is 19.8 Å². The Hall–Kier alpha value is -1.12. The fourth-order valence-electron chi connectivity index (χ4n) is 2.73.